The number of carbonyl (C=O) groups is 2. The lowest BCUT2D eigenvalue weighted by Gasteiger charge is -2.34. The van der Waals surface area contributed by atoms with E-state index in [0.717, 1.165) is 48.2 Å². The Bertz CT molecular complexity index is 831. The number of nitrogens with one attached hydrogen (secondary N) is 1. The quantitative estimate of drug-likeness (QED) is 0.845. The van der Waals surface area contributed by atoms with Gasteiger partial charge >= 0.3 is 0 Å². The minimum absolute atomic E-state index is 0.0396. The molecule has 150 valence electrons. The normalized spacial score (nSPS) is 15.5. The second-order valence-electron chi connectivity index (χ2n) is 8.38. The molecule has 1 aliphatic heterocycles. The van der Waals surface area contributed by atoms with Crippen molar-refractivity contribution in [2.24, 2.45) is 5.41 Å². The number of carbonyl (C=O) groups excluding carboxylic acids is 2. The summed E-state index contributed by atoms with van der Waals surface area (Å²) in [5.74, 6) is 0.0281. The van der Waals surface area contributed by atoms with Gasteiger partial charge in [-0.15, -0.1) is 11.3 Å². The fraction of sp³-hybridized carbons (Fsp3) is 0.455. The first-order valence-electron chi connectivity index (χ1n) is 9.71. The molecule has 2 aromatic rings. The standard InChI is InChI=1S/C22H29N3O2S/c1-16-14-18(23-21(27)22(2,3)4)28-19(16)20(26)25-12-10-24(11-13-25)15-17-8-6-5-7-9-17/h5-9,14H,10-13,15H2,1-4H3,(H,23,27). The molecule has 1 saturated heterocycles. The Morgan fingerprint density at radius 3 is 2.32 bits per heavy atom. The highest BCUT2D eigenvalue weighted by Gasteiger charge is 2.26. The molecule has 2 heterocycles. The number of benzene rings is 1. The van der Waals surface area contributed by atoms with Crippen LogP contribution in [-0.4, -0.2) is 47.8 Å². The summed E-state index contributed by atoms with van der Waals surface area (Å²) in [6, 6.07) is 12.3. The van der Waals surface area contributed by atoms with Crippen molar-refractivity contribution in [3.63, 3.8) is 0 Å². The molecule has 1 aromatic heterocycles. The second kappa shape index (κ2) is 8.45. The van der Waals surface area contributed by atoms with Gasteiger partial charge in [-0.2, -0.15) is 0 Å². The minimum Gasteiger partial charge on any atom is -0.335 e. The van der Waals surface area contributed by atoms with Gasteiger partial charge in [0.2, 0.25) is 5.91 Å². The molecule has 5 nitrogen and oxygen atoms in total. The molecule has 1 aromatic carbocycles. The Morgan fingerprint density at radius 2 is 1.71 bits per heavy atom. The Balaban J connectivity index is 1.58. The van der Waals surface area contributed by atoms with Gasteiger partial charge in [0, 0.05) is 38.1 Å². The van der Waals surface area contributed by atoms with Crippen LogP contribution in [0.1, 0.15) is 41.6 Å². The highest BCUT2D eigenvalue weighted by atomic mass is 32.1. The number of hydrogen-bond acceptors (Lipinski definition) is 4. The Hall–Kier alpha value is -2.18. The van der Waals surface area contributed by atoms with Crippen molar-refractivity contribution < 1.29 is 9.59 Å². The van der Waals surface area contributed by atoms with Crippen molar-refractivity contribution in [1.82, 2.24) is 9.80 Å². The number of rotatable bonds is 4. The third-order valence-electron chi connectivity index (χ3n) is 4.94. The van der Waals surface area contributed by atoms with Gasteiger partial charge in [-0.3, -0.25) is 14.5 Å². The van der Waals surface area contributed by atoms with Gasteiger partial charge in [-0.25, -0.2) is 0 Å². The maximum atomic E-state index is 13.0. The molecule has 3 rings (SSSR count). The van der Waals surface area contributed by atoms with Gasteiger partial charge < -0.3 is 10.2 Å². The van der Waals surface area contributed by atoms with Crippen LogP contribution in [0.5, 0.6) is 0 Å². The first-order valence-corrected chi connectivity index (χ1v) is 10.5. The van der Waals surface area contributed by atoms with Crippen molar-refractivity contribution in [1.29, 1.82) is 0 Å². The maximum Gasteiger partial charge on any atom is 0.264 e. The number of amides is 2. The van der Waals surface area contributed by atoms with Gasteiger partial charge in [0.1, 0.15) is 0 Å². The molecule has 6 heteroatoms. The average molecular weight is 400 g/mol. The van der Waals surface area contributed by atoms with E-state index in [4.69, 9.17) is 0 Å². The van der Waals surface area contributed by atoms with E-state index in [1.54, 1.807) is 0 Å². The average Bonchev–Trinajstić information content (AvgIpc) is 3.02. The Kier molecular flexibility index (Phi) is 6.20. The summed E-state index contributed by atoms with van der Waals surface area (Å²) in [5, 5.41) is 3.68. The van der Waals surface area contributed by atoms with Crippen LogP contribution in [0.2, 0.25) is 0 Å². The third kappa shape index (κ3) is 5.00. The molecular formula is C22H29N3O2S. The zero-order valence-corrected chi connectivity index (χ0v) is 17.9. The summed E-state index contributed by atoms with van der Waals surface area (Å²) in [7, 11) is 0. The van der Waals surface area contributed by atoms with Gasteiger partial charge in [-0.05, 0) is 24.1 Å². The van der Waals surface area contributed by atoms with Gasteiger partial charge in [0.25, 0.3) is 5.91 Å². The predicted octanol–water partition coefficient (Wildman–Crippen LogP) is 4.00. The molecule has 28 heavy (non-hydrogen) atoms. The molecule has 0 spiro atoms. The monoisotopic (exact) mass is 399 g/mol. The highest BCUT2D eigenvalue weighted by Crippen LogP contribution is 2.29. The van der Waals surface area contributed by atoms with Crippen molar-refractivity contribution in [3.8, 4) is 0 Å². The van der Waals surface area contributed by atoms with Crippen molar-refractivity contribution >= 4 is 28.2 Å². The highest BCUT2D eigenvalue weighted by molar-refractivity contribution is 7.18. The van der Waals surface area contributed by atoms with E-state index in [0.29, 0.717) is 0 Å². The van der Waals surface area contributed by atoms with Crippen LogP contribution < -0.4 is 5.32 Å². The van der Waals surface area contributed by atoms with E-state index in [1.807, 2.05) is 44.7 Å². The van der Waals surface area contributed by atoms with Crippen LogP contribution in [0.25, 0.3) is 0 Å². The zero-order valence-electron chi connectivity index (χ0n) is 17.1. The van der Waals surface area contributed by atoms with E-state index in [2.05, 4.69) is 34.5 Å². The van der Waals surface area contributed by atoms with Gasteiger partial charge in [0.15, 0.2) is 0 Å². The molecule has 1 aliphatic rings. The fourth-order valence-electron chi connectivity index (χ4n) is 3.15. The SMILES string of the molecule is Cc1cc(NC(=O)C(C)(C)C)sc1C(=O)N1CCN(Cc2ccccc2)CC1. The van der Waals surface area contributed by atoms with E-state index in [-0.39, 0.29) is 11.8 Å². The molecule has 0 saturated carbocycles. The number of piperazine rings is 1. The fourth-order valence-corrected chi connectivity index (χ4v) is 4.19. The molecule has 2 amide bonds. The second-order valence-corrected chi connectivity index (χ2v) is 9.43. The van der Waals surface area contributed by atoms with E-state index < -0.39 is 5.41 Å². The molecule has 1 fully saturated rings. The molecule has 0 atom stereocenters. The maximum absolute atomic E-state index is 13.0. The van der Waals surface area contributed by atoms with E-state index in [1.165, 1.54) is 16.9 Å². The predicted molar refractivity (Wildman–Crippen MR) is 115 cm³/mol. The summed E-state index contributed by atoms with van der Waals surface area (Å²) in [4.78, 5) is 30.2. The smallest absolute Gasteiger partial charge is 0.264 e. The zero-order chi connectivity index (χ0) is 20.3. The molecule has 0 radical (unpaired) electrons. The lowest BCUT2D eigenvalue weighted by molar-refractivity contribution is -0.123. The minimum atomic E-state index is -0.461. The molecule has 1 N–H and O–H groups in total. The summed E-state index contributed by atoms with van der Waals surface area (Å²) in [6.07, 6.45) is 0. The first kappa shape index (κ1) is 20.6. The summed E-state index contributed by atoms with van der Waals surface area (Å²) in [6.45, 7) is 11.7. The topological polar surface area (TPSA) is 52.7 Å². The molecule has 0 bridgehead atoms. The number of hydrogen-bond donors (Lipinski definition) is 1. The van der Waals surface area contributed by atoms with Crippen LogP contribution in [-0.2, 0) is 11.3 Å². The van der Waals surface area contributed by atoms with Crippen LogP contribution in [0.4, 0.5) is 5.00 Å². The Morgan fingerprint density at radius 1 is 1.07 bits per heavy atom. The van der Waals surface area contributed by atoms with Crippen molar-refractivity contribution in [2.75, 3.05) is 31.5 Å². The largest absolute Gasteiger partial charge is 0.335 e. The number of thiophene rings is 1. The van der Waals surface area contributed by atoms with Crippen molar-refractivity contribution in [2.45, 2.75) is 34.2 Å². The number of aryl methyl sites for hydroxylation is 1. The first-order chi connectivity index (χ1) is 13.2. The molecule has 0 unspecified atom stereocenters. The van der Waals surface area contributed by atoms with Gasteiger partial charge in [-0.1, -0.05) is 51.1 Å². The van der Waals surface area contributed by atoms with Crippen LogP contribution in [0.3, 0.4) is 0 Å². The van der Waals surface area contributed by atoms with E-state index >= 15 is 0 Å². The summed E-state index contributed by atoms with van der Waals surface area (Å²) in [5.41, 5.74) is 1.76. The van der Waals surface area contributed by atoms with E-state index in [9.17, 15) is 9.59 Å². The molecule has 0 aliphatic carbocycles. The number of anilines is 1. The van der Waals surface area contributed by atoms with Crippen molar-refractivity contribution in [3.05, 3.63) is 52.4 Å². The Labute approximate surface area is 171 Å². The third-order valence-corrected chi connectivity index (χ3v) is 6.08. The lowest BCUT2D eigenvalue weighted by Crippen LogP contribution is -2.48. The van der Waals surface area contributed by atoms with Crippen LogP contribution in [0.15, 0.2) is 36.4 Å². The number of nitrogens with zero attached hydrogens (tertiary/aromatic N) is 2. The van der Waals surface area contributed by atoms with Crippen LogP contribution >= 0.6 is 11.3 Å². The molecular weight excluding hydrogens is 370 g/mol. The van der Waals surface area contributed by atoms with Crippen LogP contribution in [0, 0.1) is 12.3 Å². The summed E-state index contributed by atoms with van der Waals surface area (Å²) < 4.78 is 0. The van der Waals surface area contributed by atoms with Gasteiger partial charge in [0.05, 0.1) is 9.88 Å². The summed E-state index contributed by atoms with van der Waals surface area (Å²) >= 11 is 1.37. The lowest BCUT2D eigenvalue weighted by atomic mass is 9.96.